The molecule has 0 unspecified atom stereocenters. The summed E-state index contributed by atoms with van der Waals surface area (Å²) in [5, 5.41) is 3.82. The number of rotatable bonds is 5. The number of alkyl halides is 1. The van der Waals surface area contributed by atoms with Gasteiger partial charge >= 0.3 is 0 Å². The molecule has 14 heavy (non-hydrogen) atoms. The lowest BCUT2D eigenvalue weighted by atomic mass is 10.2. The molecule has 0 aliphatic carbocycles. The van der Waals surface area contributed by atoms with Crippen molar-refractivity contribution in [3.05, 3.63) is 28.8 Å². The van der Waals surface area contributed by atoms with Crippen LogP contribution >= 0.6 is 23.2 Å². The van der Waals surface area contributed by atoms with Crippen molar-refractivity contribution in [2.75, 3.05) is 19.5 Å². The summed E-state index contributed by atoms with van der Waals surface area (Å²) in [7, 11) is 1.60. The second-order valence-corrected chi connectivity index (χ2v) is 3.62. The molecule has 0 bridgehead atoms. The molecule has 0 aliphatic rings. The third kappa shape index (κ3) is 3.37. The van der Waals surface area contributed by atoms with Gasteiger partial charge in [-0.3, -0.25) is 0 Å². The minimum atomic E-state index is 0.615. The van der Waals surface area contributed by atoms with E-state index in [0.717, 1.165) is 18.7 Å². The molecule has 0 heterocycles. The van der Waals surface area contributed by atoms with E-state index in [9.17, 15) is 0 Å². The van der Waals surface area contributed by atoms with Crippen LogP contribution in [0.15, 0.2) is 18.2 Å². The first kappa shape index (κ1) is 11.6. The summed E-state index contributed by atoms with van der Waals surface area (Å²) in [5.74, 6) is 1.32. The summed E-state index contributed by atoms with van der Waals surface area (Å²) in [6.45, 7) is 1.57. The van der Waals surface area contributed by atoms with E-state index in [4.69, 9.17) is 27.9 Å². The maximum atomic E-state index is 5.96. The predicted molar refractivity (Wildman–Crippen MR) is 60.4 cm³/mol. The Hall–Kier alpha value is -0.440. The summed E-state index contributed by atoms with van der Waals surface area (Å²) < 4.78 is 5.05. The molecule has 0 aliphatic heterocycles. The molecule has 0 fully saturated rings. The Morgan fingerprint density at radius 2 is 2.21 bits per heavy atom. The van der Waals surface area contributed by atoms with Gasteiger partial charge in [0.1, 0.15) is 5.75 Å². The second-order valence-electron chi connectivity index (χ2n) is 2.83. The van der Waals surface area contributed by atoms with Gasteiger partial charge in [0, 0.05) is 19.0 Å². The highest BCUT2D eigenvalue weighted by Crippen LogP contribution is 2.24. The molecular formula is C10H13Cl2NO. The molecule has 0 amide bonds. The van der Waals surface area contributed by atoms with E-state index in [2.05, 4.69) is 5.32 Å². The molecule has 1 rings (SSSR count). The van der Waals surface area contributed by atoms with Crippen molar-refractivity contribution in [1.82, 2.24) is 5.32 Å². The number of halogens is 2. The molecule has 1 aromatic rings. The number of hydrogen-bond donors (Lipinski definition) is 1. The van der Waals surface area contributed by atoms with Crippen molar-refractivity contribution >= 4 is 23.2 Å². The van der Waals surface area contributed by atoms with Gasteiger partial charge in [-0.25, -0.2) is 0 Å². The molecule has 0 atom stereocenters. The summed E-state index contributed by atoms with van der Waals surface area (Å²) in [5.41, 5.74) is 1.13. The molecule has 2 nitrogen and oxygen atoms in total. The van der Waals surface area contributed by atoms with Crippen LogP contribution in [0, 0.1) is 0 Å². The molecule has 1 N–H and O–H groups in total. The van der Waals surface area contributed by atoms with E-state index in [0.29, 0.717) is 16.7 Å². The van der Waals surface area contributed by atoms with E-state index in [1.807, 2.05) is 18.2 Å². The van der Waals surface area contributed by atoms with Crippen molar-refractivity contribution in [2.45, 2.75) is 6.54 Å². The minimum absolute atomic E-state index is 0.615. The van der Waals surface area contributed by atoms with Crippen LogP contribution in [0.2, 0.25) is 5.02 Å². The second kappa shape index (κ2) is 6.12. The average molecular weight is 234 g/mol. The van der Waals surface area contributed by atoms with Gasteiger partial charge in [-0.2, -0.15) is 0 Å². The van der Waals surface area contributed by atoms with Crippen LogP contribution in [0.3, 0.4) is 0 Å². The largest absolute Gasteiger partial charge is 0.495 e. The van der Waals surface area contributed by atoms with Gasteiger partial charge < -0.3 is 10.1 Å². The van der Waals surface area contributed by atoms with Crippen LogP contribution in [0.25, 0.3) is 0 Å². The third-order valence-electron chi connectivity index (χ3n) is 1.82. The molecule has 78 valence electrons. The first-order chi connectivity index (χ1) is 6.77. The molecule has 0 spiro atoms. The van der Waals surface area contributed by atoms with Crippen LogP contribution in [0.1, 0.15) is 5.56 Å². The lowest BCUT2D eigenvalue weighted by molar-refractivity contribution is 0.415. The zero-order valence-electron chi connectivity index (χ0n) is 8.02. The van der Waals surface area contributed by atoms with Gasteiger partial charge in [0.2, 0.25) is 0 Å². The van der Waals surface area contributed by atoms with E-state index in [1.54, 1.807) is 7.11 Å². The third-order valence-corrected chi connectivity index (χ3v) is 2.30. The Labute approximate surface area is 94.2 Å². The number of hydrogen-bond acceptors (Lipinski definition) is 2. The monoisotopic (exact) mass is 233 g/mol. The zero-order chi connectivity index (χ0) is 10.4. The number of methoxy groups -OCH3 is 1. The highest BCUT2D eigenvalue weighted by molar-refractivity contribution is 6.32. The van der Waals surface area contributed by atoms with Crippen LogP contribution in [-0.4, -0.2) is 19.5 Å². The topological polar surface area (TPSA) is 21.3 Å². The average Bonchev–Trinajstić information content (AvgIpc) is 2.18. The molecule has 1 aromatic carbocycles. The predicted octanol–water partition coefficient (Wildman–Crippen LogP) is 2.68. The van der Waals surface area contributed by atoms with Crippen molar-refractivity contribution in [3.8, 4) is 5.75 Å². The van der Waals surface area contributed by atoms with E-state index in [-0.39, 0.29) is 0 Å². The Balaban J connectivity index is 2.57. The molecule has 4 heteroatoms. The van der Waals surface area contributed by atoms with Crippen LogP contribution in [-0.2, 0) is 6.54 Å². The van der Waals surface area contributed by atoms with E-state index in [1.165, 1.54) is 0 Å². The standard InChI is InChI=1S/C10H13Cl2NO/c1-14-10-3-2-8(6-9(10)12)7-13-5-4-11/h2-3,6,13H,4-5,7H2,1H3. The Morgan fingerprint density at radius 1 is 1.43 bits per heavy atom. The van der Waals surface area contributed by atoms with Crippen molar-refractivity contribution in [2.24, 2.45) is 0 Å². The first-order valence-corrected chi connectivity index (χ1v) is 5.28. The highest BCUT2D eigenvalue weighted by atomic mass is 35.5. The van der Waals surface area contributed by atoms with Crippen LogP contribution < -0.4 is 10.1 Å². The number of nitrogens with one attached hydrogen (secondary N) is 1. The lowest BCUT2D eigenvalue weighted by Gasteiger charge is -2.06. The van der Waals surface area contributed by atoms with Gasteiger partial charge in [-0.05, 0) is 17.7 Å². The van der Waals surface area contributed by atoms with Gasteiger partial charge in [-0.15, -0.1) is 11.6 Å². The Morgan fingerprint density at radius 3 is 2.79 bits per heavy atom. The normalized spacial score (nSPS) is 10.2. The molecule has 0 aromatic heterocycles. The number of benzene rings is 1. The van der Waals surface area contributed by atoms with Crippen molar-refractivity contribution in [1.29, 1.82) is 0 Å². The Bertz CT molecular complexity index is 291. The lowest BCUT2D eigenvalue weighted by Crippen LogP contribution is -2.15. The van der Waals surface area contributed by atoms with Gasteiger partial charge in [0.15, 0.2) is 0 Å². The fourth-order valence-corrected chi connectivity index (χ4v) is 1.53. The quantitative estimate of drug-likeness (QED) is 0.624. The van der Waals surface area contributed by atoms with E-state index < -0.39 is 0 Å². The van der Waals surface area contributed by atoms with Crippen molar-refractivity contribution < 1.29 is 4.74 Å². The Kier molecular flexibility index (Phi) is 5.09. The molecule has 0 saturated carbocycles. The SMILES string of the molecule is COc1ccc(CNCCCl)cc1Cl. The molecular weight excluding hydrogens is 221 g/mol. The van der Waals surface area contributed by atoms with Gasteiger partial charge in [0.05, 0.1) is 12.1 Å². The van der Waals surface area contributed by atoms with Gasteiger partial charge in [0.25, 0.3) is 0 Å². The minimum Gasteiger partial charge on any atom is -0.495 e. The summed E-state index contributed by atoms with van der Waals surface area (Å²) in [4.78, 5) is 0. The zero-order valence-corrected chi connectivity index (χ0v) is 9.53. The first-order valence-electron chi connectivity index (χ1n) is 4.37. The fraction of sp³-hybridized carbons (Fsp3) is 0.400. The smallest absolute Gasteiger partial charge is 0.137 e. The van der Waals surface area contributed by atoms with Crippen molar-refractivity contribution in [3.63, 3.8) is 0 Å². The van der Waals surface area contributed by atoms with Crippen LogP contribution in [0.4, 0.5) is 0 Å². The summed E-state index contributed by atoms with van der Waals surface area (Å²) in [6, 6.07) is 5.73. The van der Waals surface area contributed by atoms with E-state index >= 15 is 0 Å². The summed E-state index contributed by atoms with van der Waals surface area (Å²) in [6.07, 6.45) is 0. The number of ether oxygens (including phenoxy) is 1. The van der Waals surface area contributed by atoms with Crippen LogP contribution in [0.5, 0.6) is 5.75 Å². The maximum Gasteiger partial charge on any atom is 0.137 e. The van der Waals surface area contributed by atoms with Gasteiger partial charge in [-0.1, -0.05) is 17.7 Å². The maximum absolute atomic E-state index is 5.96. The fourth-order valence-electron chi connectivity index (χ4n) is 1.12. The molecule has 0 saturated heterocycles. The summed E-state index contributed by atoms with van der Waals surface area (Å²) >= 11 is 11.5. The molecule has 0 radical (unpaired) electrons. The highest BCUT2D eigenvalue weighted by Gasteiger charge is 2.00.